The highest BCUT2D eigenvalue weighted by Gasteiger charge is 2.39. The molecule has 3 nitrogen and oxygen atoms in total. The Morgan fingerprint density at radius 3 is 2.25 bits per heavy atom. The Labute approximate surface area is 124 Å². The first-order valence-corrected chi connectivity index (χ1v) is 10.9. The Kier molecular flexibility index (Phi) is 4.77. The molecule has 0 aromatic carbocycles. The van der Waals surface area contributed by atoms with Gasteiger partial charge in [0.1, 0.15) is 5.78 Å². The monoisotopic (exact) mass is 298 g/mol. The lowest BCUT2D eigenvalue weighted by atomic mass is 9.90. The lowest BCUT2D eigenvalue weighted by Gasteiger charge is -2.36. The summed E-state index contributed by atoms with van der Waals surface area (Å²) in [7, 11) is -1.71. The van der Waals surface area contributed by atoms with Crippen molar-refractivity contribution >= 4 is 14.1 Å². The summed E-state index contributed by atoms with van der Waals surface area (Å²) >= 11 is 0. The maximum Gasteiger partial charge on any atom is 0.191 e. The smallest absolute Gasteiger partial charge is 0.191 e. The highest BCUT2D eigenvalue weighted by atomic mass is 28.4. The number of ether oxygens (including phenoxy) is 1. The first kappa shape index (κ1) is 16.2. The molecule has 2 rings (SSSR count). The van der Waals surface area contributed by atoms with E-state index < -0.39 is 8.32 Å². The molecule has 0 radical (unpaired) electrons. The summed E-state index contributed by atoms with van der Waals surface area (Å²) in [4.78, 5) is 12.3. The van der Waals surface area contributed by atoms with Gasteiger partial charge in [0.25, 0.3) is 0 Å². The summed E-state index contributed by atoms with van der Waals surface area (Å²) in [5.74, 6) is 0.619. The van der Waals surface area contributed by atoms with Crippen LogP contribution in [0, 0.1) is 5.92 Å². The van der Waals surface area contributed by atoms with Gasteiger partial charge < -0.3 is 9.16 Å². The van der Waals surface area contributed by atoms with Crippen molar-refractivity contribution in [2.45, 2.75) is 83.2 Å². The zero-order valence-electron chi connectivity index (χ0n) is 13.7. The third kappa shape index (κ3) is 3.71. The van der Waals surface area contributed by atoms with Crippen molar-refractivity contribution in [3.05, 3.63) is 0 Å². The van der Waals surface area contributed by atoms with E-state index in [2.05, 4.69) is 33.9 Å². The highest BCUT2D eigenvalue weighted by molar-refractivity contribution is 6.74. The van der Waals surface area contributed by atoms with E-state index >= 15 is 0 Å². The van der Waals surface area contributed by atoms with E-state index in [9.17, 15) is 4.79 Å². The minimum Gasteiger partial charge on any atom is -0.416 e. The van der Waals surface area contributed by atoms with Crippen molar-refractivity contribution in [3.63, 3.8) is 0 Å². The molecule has 0 N–H and O–H groups in total. The van der Waals surface area contributed by atoms with Crippen LogP contribution in [0.15, 0.2) is 0 Å². The maximum absolute atomic E-state index is 12.3. The Bertz CT molecular complexity index is 347. The molecule has 0 amide bonds. The highest BCUT2D eigenvalue weighted by Crippen LogP contribution is 2.38. The molecular formula is C16H30O3Si. The van der Waals surface area contributed by atoms with Crippen LogP contribution in [0.25, 0.3) is 0 Å². The van der Waals surface area contributed by atoms with E-state index in [1.54, 1.807) is 0 Å². The van der Waals surface area contributed by atoms with Crippen LogP contribution in [0.5, 0.6) is 0 Å². The van der Waals surface area contributed by atoms with E-state index in [1.165, 1.54) is 0 Å². The first-order valence-electron chi connectivity index (χ1n) is 8.01. The van der Waals surface area contributed by atoms with Crippen LogP contribution in [-0.4, -0.2) is 32.9 Å². The van der Waals surface area contributed by atoms with Crippen molar-refractivity contribution in [2.24, 2.45) is 5.92 Å². The number of ketones is 1. The van der Waals surface area contributed by atoms with Gasteiger partial charge in [-0.2, -0.15) is 0 Å². The van der Waals surface area contributed by atoms with Crippen LogP contribution in [0.1, 0.15) is 52.9 Å². The van der Waals surface area contributed by atoms with Crippen molar-refractivity contribution < 1.29 is 14.0 Å². The van der Waals surface area contributed by atoms with Crippen LogP contribution in [0.4, 0.5) is 0 Å². The summed E-state index contributed by atoms with van der Waals surface area (Å²) in [5.41, 5.74) is 0. The maximum atomic E-state index is 12.3. The molecule has 2 aliphatic rings. The van der Waals surface area contributed by atoms with Crippen LogP contribution in [-0.2, 0) is 14.0 Å². The molecule has 0 spiro atoms. The van der Waals surface area contributed by atoms with Crippen molar-refractivity contribution in [2.75, 3.05) is 6.61 Å². The predicted octanol–water partition coefficient (Wildman–Crippen LogP) is 3.93. The third-order valence-electron chi connectivity index (χ3n) is 5.36. The van der Waals surface area contributed by atoms with Gasteiger partial charge in [-0.05, 0) is 43.8 Å². The molecule has 2 atom stereocenters. The fourth-order valence-electron chi connectivity index (χ4n) is 2.95. The van der Waals surface area contributed by atoms with Crippen LogP contribution in [0.2, 0.25) is 18.1 Å². The molecule has 0 saturated carbocycles. The number of carbonyl (C=O) groups is 1. The van der Waals surface area contributed by atoms with Gasteiger partial charge in [-0.15, -0.1) is 0 Å². The molecule has 0 aromatic heterocycles. The van der Waals surface area contributed by atoms with E-state index in [-0.39, 0.29) is 11.0 Å². The van der Waals surface area contributed by atoms with E-state index in [4.69, 9.17) is 9.16 Å². The van der Waals surface area contributed by atoms with Gasteiger partial charge in [0.15, 0.2) is 8.32 Å². The van der Waals surface area contributed by atoms with Gasteiger partial charge in [0, 0.05) is 18.9 Å². The van der Waals surface area contributed by atoms with E-state index in [0.717, 1.165) is 25.7 Å². The van der Waals surface area contributed by atoms with Gasteiger partial charge in [-0.1, -0.05) is 20.8 Å². The zero-order chi connectivity index (χ0) is 15.0. The molecule has 116 valence electrons. The van der Waals surface area contributed by atoms with Gasteiger partial charge in [0.2, 0.25) is 0 Å². The molecule has 2 heterocycles. The summed E-state index contributed by atoms with van der Waals surface area (Å²) in [5, 5.41) is 0.216. The molecule has 2 unspecified atom stereocenters. The molecule has 0 aromatic rings. The van der Waals surface area contributed by atoms with E-state index in [0.29, 0.717) is 31.0 Å². The molecule has 20 heavy (non-hydrogen) atoms. The van der Waals surface area contributed by atoms with Gasteiger partial charge in [-0.3, -0.25) is 4.79 Å². The number of hydrogen-bond donors (Lipinski definition) is 0. The third-order valence-corrected chi connectivity index (χ3v) is 9.90. The topological polar surface area (TPSA) is 35.5 Å². The van der Waals surface area contributed by atoms with Crippen LogP contribution >= 0.6 is 0 Å². The molecule has 2 bridgehead atoms. The molecule has 2 saturated heterocycles. The number of rotatable bonds is 5. The Balaban J connectivity index is 1.76. The molecule has 0 aliphatic carbocycles. The standard InChI is InChI=1S/C16H30O3Si/c1-16(2,3)20(4,5)18-9-8-15(17)12-10-13-6-7-14(11-12)19-13/h12-14H,6-11H2,1-5H3. The predicted molar refractivity (Wildman–Crippen MR) is 83.4 cm³/mol. The van der Waals surface area contributed by atoms with Gasteiger partial charge in [0.05, 0.1) is 12.2 Å². The number of Topliss-reactive ketones (excluding diaryl/α,β-unsaturated/α-hetero) is 1. The Morgan fingerprint density at radius 2 is 1.75 bits per heavy atom. The lowest BCUT2D eigenvalue weighted by Crippen LogP contribution is -2.41. The Morgan fingerprint density at radius 1 is 1.20 bits per heavy atom. The second-order valence-electron chi connectivity index (χ2n) is 7.95. The molecule has 2 fully saturated rings. The number of carbonyl (C=O) groups excluding carboxylic acids is 1. The summed E-state index contributed by atoms with van der Waals surface area (Å²) in [6.45, 7) is 11.8. The normalized spacial score (nSPS) is 30.6. The van der Waals surface area contributed by atoms with E-state index in [1.807, 2.05) is 0 Å². The minimum absolute atomic E-state index is 0.216. The zero-order valence-corrected chi connectivity index (χ0v) is 14.7. The van der Waals surface area contributed by atoms with Crippen molar-refractivity contribution in [1.29, 1.82) is 0 Å². The fourth-order valence-corrected chi connectivity index (χ4v) is 3.99. The fraction of sp³-hybridized carbons (Fsp3) is 0.938. The second-order valence-corrected chi connectivity index (χ2v) is 12.8. The average molecular weight is 298 g/mol. The van der Waals surface area contributed by atoms with Crippen molar-refractivity contribution in [1.82, 2.24) is 0 Å². The lowest BCUT2D eigenvalue weighted by molar-refractivity contribution is -0.129. The SMILES string of the molecule is CC(C)(C)[Si](C)(C)OCCC(=O)C1CC2CCC(C1)O2. The second kappa shape index (κ2) is 5.89. The average Bonchev–Trinajstić information content (AvgIpc) is 2.66. The largest absolute Gasteiger partial charge is 0.416 e. The summed E-state index contributed by atoms with van der Waals surface area (Å²) in [6, 6.07) is 0. The Hall–Kier alpha value is -0.193. The quantitative estimate of drug-likeness (QED) is 0.722. The number of fused-ring (bicyclic) bond motifs is 2. The molecule has 4 heteroatoms. The molecule has 2 aliphatic heterocycles. The van der Waals surface area contributed by atoms with Crippen LogP contribution < -0.4 is 0 Å². The number of hydrogen-bond acceptors (Lipinski definition) is 3. The van der Waals surface area contributed by atoms with Gasteiger partial charge in [-0.25, -0.2) is 0 Å². The molecular weight excluding hydrogens is 268 g/mol. The summed E-state index contributed by atoms with van der Waals surface area (Å²) < 4.78 is 11.9. The van der Waals surface area contributed by atoms with Crippen LogP contribution in [0.3, 0.4) is 0 Å². The first-order chi connectivity index (χ1) is 9.19. The summed E-state index contributed by atoms with van der Waals surface area (Å²) in [6.07, 6.45) is 5.46. The van der Waals surface area contributed by atoms with Crippen molar-refractivity contribution in [3.8, 4) is 0 Å². The minimum atomic E-state index is -1.71. The van der Waals surface area contributed by atoms with Gasteiger partial charge >= 0.3 is 0 Å².